The van der Waals surface area contributed by atoms with Gasteiger partial charge in [-0.1, -0.05) is 6.07 Å². The number of hydrogen-bond acceptors (Lipinski definition) is 6. The zero-order valence-electron chi connectivity index (χ0n) is 18.3. The summed E-state index contributed by atoms with van der Waals surface area (Å²) >= 11 is 5.33. The van der Waals surface area contributed by atoms with Gasteiger partial charge in [-0.15, -0.1) is 0 Å². The molecule has 0 aliphatic heterocycles. The maximum absolute atomic E-state index is 13.0. The average Bonchev–Trinajstić information content (AvgIpc) is 3.24. The highest BCUT2D eigenvalue weighted by Crippen LogP contribution is 2.21. The minimum absolute atomic E-state index is 0.129. The second kappa shape index (κ2) is 10.7. The Morgan fingerprint density at radius 1 is 1.09 bits per heavy atom. The Hall–Kier alpha value is -4.05. The van der Waals surface area contributed by atoms with Crippen LogP contribution in [-0.4, -0.2) is 32.8 Å². The van der Waals surface area contributed by atoms with Crippen molar-refractivity contribution in [2.75, 3.05) is 7.11 Å². The molecule has 0 unspecified atom stereocenters. The third-order valence-electron chi connectivity index (χ3n) is 4.99. The number of H-pyrrole nitrogens is 1. The van der Waals surface area contributed by atoms with Crippen molar-refractivity contribution in [1.82, 2.24) is 25.1 Å². The lowest BCUT2D eigenvalue weighted by atomic mass is 10.2. The quantitative estimate of drug-likeness (QED) is 0.340. The molecule has 2 aromatic heterocycles. The number of ether oxygens (including phenoxy) is 2. The third kappa shape index (κ3) is 5.84. The molecule has 4 aromatic rings. The third-order valence-corrected chi connectivity index (χ3v) is 5.30. The molecule has 2 heterocycles. The molecule has 0 radical (unpaired) electrons. The fourth-order valence-electron chi connectivity index (χ4n) is 3.19. The second-order valence-electron chi connectivity index (χ2n) is 7.32. The summed E-state index contributed by atoms with van der Waals surface area (Å²) in [5, 5.41) is 9.95. The van der Waals surface area contributed by atoms with Gasteiger partial charge in [-0.25, -0.2) is 9.37 Å². The number of carbonyl (C=O) groups is 1. The van der Waals surface area contributed by atoms with Gasteiger partial charge in [0.1, 0.15) is 17.3 Å². The fraction of sp³-hybridized carbons (Fsp3) is 0.167. The Kier molecular flexibility index (Phi) is 7.28. The topological polar surface area (TPSA) is 94.1 Å². The number of aromatic nitrogens is 4. The molecule has 10 heteroatoms. The molecule has 174 valence electrons. The lowest BCUT2D eigenvalue weighted by Crippen LogP contribution is -2.24. The van der Waals surface area contributed by atoms with Crippen LogP contribution in [0, 0.1) is 10.6 Å². The van der Waals surface area contributed by atoms with Gasteiger partial charge >= 0.3 is 0 Å². The first-order valence-corrected chi connectivity index (χ1v) is 10.9. The van der Waals surface area contributed by atoms with E-state index in [2.05, 4.69) is 20.5 Å². The van der Waals surface area contributed by atoms with Crippen LogP contribution in [0.3, 0.4) is 0 Å². The minimum atomic E-state index is -0.335. The van der Waals surface area contributed by atoms with Gasteiger partial charge in [0, 0.05) is 37.3 Å². The summed E-state index contributed by atoms with van der Waals surface area (Å²) in [5.41, 5.74) is 1.68. The molecule has 0 saturated carbocycles. The molecule has 0 bridgehead atoms. The Morgan fingerprint density at radius 3 is 2.50 bits per heavy atom. The number of pyridine rings is 1. The molecule has 2 aromatic carbocycles. The van der Waals surface area contributed by atoms with Crippen LogP contribution < -0.4 is 14.8 Å². The summed E-state index contributed by atoms with van der Waals surface area (Å²) in [5.74, 6) is 1.80. The van der Waals surface area contributed by atoms with Crippen LogP contribution in [0.4, 0.5) is 4.39 Å². The number of nitrogens with one attached hydrogen (secondary N) is 2. The molecule has 0 aliphatic rings. The van der Waals surface area contributed by atoms with E-state index in [0.717, 1.165) is 16.9 Å². The lowest BCUT2D eigenvalue weighted by molar-refractivity contribution is -0.121. The molecule has 4 rings (SSSR count). The highest BCUT2D eigenvalue weighted by atomic mass is 32.1. The molecule has 1 amide bonds. The molecule has 0 atom stereocenters. The Labute approximate surface area is 200 Å². The minimum Gasteiger partial charge on any atom is -0.497 e. The van der Waals surface area contributed by atoms with E-state index in [0.29, 0.717) is 35.3 Å². The summed E-state index contributed by atoms with van der Waals surface area (Å²) in [6.07, 6.45) is 1.85. The molecular weight excluding hydrogens is 457 g/mol. The van der Waals surface area contributed by atoms with Crippen LogP contribution in [-0.2, 0) is 17.9 Å². The van der Waals surface area contributed by atoms with Gasteiger partial charge in [-0.2, -0.15) is 5.10 Å². The van der Waals surface area contributed by atoms with Gasteiger partial charge in [-0.3, -0.25) is 14.5 Å². The predicted octanol–water partition coefficient (Wildman–Crippen LogP) is 4.65. The van der Waals surface area contributed by atoms with Crippen LogP contribution in [0.15, 0.2) is 66.9 Å². The van der Waals surface area contributed by atoms with Gasteiger partial charge in [0.25, 0.3) is 0 Å². The van der Waals surface area contributed by atoms with Crippen molar-refractivity contribution in [2.45, 2.75) is 19.5 Å². The normalized spacial score (nSPS) is 10.6. The Morgan fingerprint density at radius 2 is 1.82 bits per heavy atom. The number of hydrogen-bond donors (Lipinski definition) is 2. The number of aromatic amines is 1. The number of rotatable bonds is 9. The van der Waals surface area contributed by atoms with E-state index in [1.54, 1.807) is 30.0 Å². The van der Waals surface area contributed by atoms with E-state index >= 15 is 0 Å². The smallest absolute Gasteiger partial charge is 0.222 e. The standard InChI is InChI=1S/C24H22FN5O3S/c1-32-19-7-3-17(4-8-19)23-28-29-24(34)30(23)13-12-21(31)26-14-16-2-11-22(27-15-16)33-20-9-5-18(25)6-10-20/h2-11,15H,12-14H2,1H3,(H,26,31)(H,29,34). The van der Waals surface area contributed by atoms with Gasteiger partial charge < -0.3 is 14.8 Å². The number of methoxy groups -OCH3 is 1. The number of nitrogens with zero attached hydrogens (tertiary/aromatic N) is 3. The molecule has 8 nitrogen and oxygen atoms in total. The number of benzene rings is 2. The van der Waals surface area contributed by atoms with E-state index in [1.165, 1.54) is 24.3 Å². The van der Waals surface area contributed by atoms with Gasteiger partial charge in [0.05, 0.1) is 7.11 Å². The number of carbonyl (C=O) groups excluding carboxylic acids is 1. The van der Waals surface area contributed by atoms with Crippen molar-refractivity contribution in [3.63, 3.8) is 0 Å². The van der Waals surface area contributed by atoms with Crippen LogP contribution in [0.2, 0.25) is 0 Å². The molecule has 2 N–H and O–H groups in total. The number of halogens is 1. The van der Waals surface area contributed by atoms with E-state index in [1.807, 2.05) is 24.3 Å². The molecule has 0 fully saturated rings. The van der Waals surface area contributed by atoms with Crippen molar-refractivity contribution in [1.29, 1.82) is 0 Å². The van der Waals surface area contributed by atoms with Crippen LogP contribution in [0.5, 0.6) is 17.4 Å². The van der Waals surface area contributed by atoms with Crippen LogP contribution in [0.1, 0.15) is 12.0 Å². The number of amides is 1. The predicted molar refractivity (Wildman–Crippen MR) is 127 cm³/mol. The highest BCUT2D eigenvalue weighted by molar-refractivity contribution is 7.71. The SMILES string of the molecule is COc1ccc(-c2n[nH]c(=S)n2CCC(=O)NCc2ccc(Oc3ccc(F)cc3)nc2)cc1. The first-order valence-electron chi connectivity index (χ1n) is 10.5. The average molecular weight is 480 g/mol. The monoisotopic (exact) mass is 479 g/mol. The van der Waals surface area contributed by atoms with E-state index in [9.17, 15) is 9.18 Å². The van der Waals surface area contributed by atoms with Gasteiger partial charge in [-0.05, 0) is 66.3 Å². The Balaban J connectivity index is 1.29. The summed E-state index contributed by atoms with van der Waals surface area (Å²) in [6, 6.07) is 16.6. The highest BCUT2D eigenvalue weighted by Gasteiger charge is 2.11. The molecular formula is C24H22FN5O3S. The largest absolute Gasteiger partial charge is 0.497 e. The lowest BCUT2D eigenvalue weighted by Gasteiger charge is -2.09. The molecule has 0 spiro atoms. The first kappa shape index (κ1) is 23.1. The van der Waals surface area contributed by atoms with Gasteiger partial charge in [0.2, 0.25) is 11.8 Å². The van der Waals surface area contributed by atoms with Crippen molar-refractivity contribution >= 4 is 18.1 Å². The van der Waals surface area contributed by atoms with Crippen LogP contribution >= 0.6 is 12.2 Å². The summed E-state index contributed by atoms with van der Waals surface area (Å²) in [7, 11) is 1.61. The van der Waals surface area contributed by atoms with Crippen molar-refractivity contribution < 1.29 is 18.7 Å². The molecule has 0 aliphatic carbocycles. The van der Waals surface area contributed by atoms with Crippen molar-refractivity contribution in [2.24, 2.45) is 0 Å². The molecule has 34 heavy (non-hydrogen) atoms. The van der Waals surface area contributed by atoms with Crippen molar-refractivity contribution in [3.05, 3.63) is 83.0 Å². The van der Waals surface area contributed by atoms with E-state index < -0.39 is 0 Å². The Bertz CT molecular complexity index is 1300. The van der Waals surface area contributed by atoms with Crippen molar-refractivity contribution in [3.8, 4) is 28.8 Å². The first-order chi connectivity index (χ1) is 16.5. The van der Waals surface area contributed by atoms with Crippen LogP contribution in [0.25, 0.3) is 11.4 Å². The summed E-state index contributed by atoms with van der Waals surface area (Å²) < 4.78 is 26.0. The maximum Gasteiger partial charge on any atom is 0.222 e. The summed E-state index contributed by atoms with van der Waals surface area (Å²) in [4.78, 5) is 16.6. The van der Waals surface area contributed by atoms with E-state index in [4.69, 9.17) is 21.7 Å². The summed E-state index contributed by atoms with van der Waals surface area (Å²) in [6.45, 7) is 0.704. The maximum atomic E-state index is 13.0. The second-order valence-corrected chi connectivity index (χ2v) is 7.71. The zero-order chi connectivity index (χ0) is 23.9. The fourth-order valence-corrected chi connectivity index (χ4v) is 3.41. The zero-order valence-corrected chi connectivity index (χ0v) is 19.1. The van der Waals surface area contributed by atoms with Gasteiger partial charge in [0.15, 0.2) is 10.6 Å². The van der Waals surface area contributed by atoms with E-state index in [-0.39, 0.29) is 18.1 Å². The molecule has 0 saturated heterocycles.